The smallest absolute Gasteiger partial charge is 0.211 e. The third-order valence-electron chi connectivity index (χ3n) is 4.46. The van der Waals surface area contributed by atoms with Crippen LogP contribution in [0.1, 0.15) is 48.0 Å². The Morgan fingerprint density at radius 2 is 1.61 bits per heavy atom. The first-order valence-corrected chi connectivity index (χ1v) is 8.39. The predicted octanol–water partition coefficient (Wildman–Crippen LogP) is 1.73. The van der Waals surface area contributed by atoms with Crippen LogP contribution in [0.25, 0.3) is 0 Å². The fourth-order valence-electron chi connectivity index (χ4n) is 2.38. The highest BCUT2D eigenvalue weighted by atomic mass is 32.2. The van der Waals surface area contributed by atoms with Crippen LogP contribution in [0.2, 0.25) is 0 Å². The van der Waals surface area contributed by atoms with Gasteiger partial charge in [0.05, 0.1) is 5.75 Å². The molecule has 1 rings (SSSR count). The van der Waals surface area contributed by atoms with Crippen molar-refractivity contribution in [3.05, 3.63) is 0 Å². The zero-order valence-corrected chi connectivity index (χ0v) is 13.3. The van der Waals surface area contributed by atoms with E-state index in [4.69, 9.17) is 0 Å². The van der Waals surface area contributed by atoms with Crippen molar-refractivity contribution in [2.45, 2.75) is 60.0 Å². The number of hydrogen-bond donors (Lipinski definition) is 2. The van der Waals surface area contributed by atoms with Gasteiger partial charge < -0.3 is 5.32 Å². The quantitative estimate of drug-likeness (QED) is 0.696. The molecule has 2 N–H and O–H groups in total. The first-order chi connectivity index (χ1) is 8.01. The van der Waals surface area contributed by atoms with Crippen molar-refractivity contribution < 1.29 is 8.42 Å². The van der Waals surface area contributed by atoms with E-state index in [2.05, 4.69) is 51.6 Å². The van der Waals surface area contributed by atoms with E-state index in [1.54, 1.807) is 0 Å². The Balaban J connectivity index is 2.38. The Morgan fingerprint density at radius 1 is 1.11 bits per heavy atom. The average molecular weight is 276 g/mol. The molecule has 0 atom stereocenters. The summed E-state index contributed by atoms with van der Waals surface area (Å²) in [6, 6.07) is 0.468. The van der Waals surface area contributed by atoms with E-state index in [-0.39, 0.29) is 22.6 Å². The third kappa shape index (κ3) is 3.45. The molecule has 1 aliphatic rings. The fraction of sp³-hybridized carbons (Fsp3) is 1.00. The second-order valence-corrected chi connectivity index (χ2v) is 8.65. The van der Waals surface area contributed by atoms with Crippen molar-refractivity contribution in [2.75, 3.05) is 12.3 Å². The van der Waals surface area contributed by atoms with Crippen LogP contribution in [0.5, 0.6) is 0 Å². The van der Waals surface area contributed by atoms with Gasteiger partial charge >= 0.3 is 0 Å². The Labute approximate surface area is 112 Å². The maximum Gasteiger partial charge on any atom is 0.211 e. The van der Waals surface area contributed by atoms with Crippen LogP contribution in [0, 0.1) is 10.8 Å². The molecule has 4 nitrogen and oxygen atoms in total. The van der Waals surface area contributed by atoms with Crippen molar-refractivity contribution in [3.8, 4) is 0 Å². The number of rotatable bonds is 7. The lowest BCUT2D eigenvalue weighted by molar-refractivity contribution is 0.457. The van der Waals surface area contributed by atoms with E-state index in [0.717, 1.165) is 6.54 Å². The Hall–Kier alpha value is -0.130. The summed E-state index contributed by atoms with van der Waals surface area (Å²) in [6.45, 7) is 13.3. The molecule has 0 bridgehead atoms. The largest absolute Gasteiger partial charge is 0.314 e. The van der Waals surface area contributed by atoms with E-state index in [1.807, 2.05) is 0 Å². The summed E-state index contributed by atoms with van der Waals surface area (Å²) in [4.78, 5) is 0. The zero-order chi connectivity index (χ0) is 14.2. The zero-order valence-electron chi connectivity index (χ0n) is 12.5. The summed E-state index contributed by atoms with van der Waals surface area (Å²) in [7, 11) is -3.15. The van der Waals surface area contributed by atoms with Crippen LogP contribution < -0.4 is 10.0 Å². The second kappa shape index (κ2) is 5.10. The highest BCUT2D eigenvalue weighted by Crippen LogP contribution is 2.62. The molecule has 0 aromatic heterocycles. The monoisotopic (exact) mass is 276 g/mol. The van der Waals surface area contributed by atoms with Crippen LogP contribution in [-0.4, -0.2) is 32.8 Å². The molecule has 108 valence electrons. The lowest BCUT2D eigenvalue weighted by Gasteiger charge is -2.10. The average Bonchev–Trinajstić information content (AvgIpc) is 2.55. The minimum Gasteiger partial charge on any atom is -0.314 e. The van der Waals surface area contributed by atoms with Crippen LogP contribution in [-0.2, 0) is 10.0 Å². The first-order valence-electron chi connectivity index (χ1n) is 6.74. The van der Waals surface area contributed by atoms with Gasteiger partial charge in [-0.05, 0) is 23.8 Å². The molecule has 0 unspecified atom stereocenters. The molecular formula is C13H28N2O2S. The van der Waals surface area contributed by atoms with E-state index in [9.17, 15) is 8.42 Å². The van der Waals surface area contributed by atoms with Crippen LogP contribution >= 0.6 is 0 Å². The highest BCUT2D eigenvalue weighted by Gasteiger charge is 2.65. The van der Waals surface area contributed by atoms with Gasteiger partial charge in [-0.15, -0.1) is 0 Å². The third-order valence-corrected chi connectivity index (χ3v) is 5.88. The molecule has 0 aromatic rings. The summed E-state index contributed by atoms with van der Waals surface area (Å²) < 4.78 is 26.8. The lowest BCUT2D eigenvalue weighted by atomic mass is 10.0. The van der Waals surface area contributed by atoms with Gasteiger partial charge in [-0.1, -0.05) is 41.5 Å². The molecule has 0 aliphatic heterocycles. The van der Waals surface area contributed by atoms with Crippen molar-refractivity contribution >= 4 is 10.0 Å². The van der Waals surface area contributed by atoms with E-state index in [0.29, 0.717) is 12.5 Å². The molecule has 1 fully saturated rings. The van der Waals surface area contributed by atoms with Gasteiger partial charge in [0.2, 0.25) is 10.0 Å². The van der Waals surface area contributed by atoms with Gasteiger partial charge in [0, 0.05) is 12.1 Å². The standard InChI is InChI=1S/C13H28N2O2S/c1-10(2)14-8-7-9-18(16,17)15-11-12(3,4)13(11,5)6/h10-11,14-15H,7-9H2,1-6H3. The molecule has 0 heterocycles. The maximum atomic E-state index is 12.0. The number of sulfonamides is 1. The van der Waals surface area contributed by atoms with Gasteiger partial charge in [-0.2, -0.15) is 0 Å². The molecule has 1 saturated carbocycles. The predicted molar refractivity (Wildman–Crippen MR) is 76.0 cm³/mol. The van der Waals surface area contributed by atoms with Gasteiger partial charge in [0.25, 0.3) is 0 Å². The second-order valence-electron chi connectivity index (χ2n) is 6.78. The summed E-state index contributed by atoms with van der Waals surface area (Å²) >= 11 is 0. The van der Waals surface area contributed by atoms with E-state index in [1.165, 1.54) is 0 Å². The molecule has 0 spiro atoms. The Bertz CT molecular complexity index is 372. The molecule has 0 aromatic carbocycles. The molecule has 0 radical (unpaired) electrons. The summed E-state index contributed by atoms with van der Waals surface area (Å²) in [5.74, 6) is 0.204. The van der Waals surface area contributed by atoms with Crippen molar-refractivity contribution in [3.63, 3.8) is 0 Å². The van der Waals surface area contributed by atoms with Crippen LogP contribution in [0.3, 0.4) is 0 Å². The summed E-state index contributed by atoms with van der Waals surface area (Å²) in [6.07, 6.45) is 0.654. The normalized spacial score (nSPS) is 22.4. The van der Waals surface area contributed by atoms with Crippen molar-refractivity contribution in [1.29, 1.82) is 0 Å². The first kappa shape index (κ1) is 15.9. The van der Waals surface area contributed by atoms with Gasteiger partial charge in [-0.3, -0.25) is 0 Å². The van der Waals surface area contributed by atoms with Crippen molar-refractivity contribution in [1.82, 2.24) is 10.0 Å². The summed E-state index contributed by atoms with van der Waals surface area (Å²) in [5.41, 5.74) is 0.104. The van der Waals surface area contributed by atoms with E-state index < -0.39 is 10.0 Å². The van der Waals surface area contributed by atoms with Crippen molar-refractivity contribution in [2.24, 2.45) is 10.8 Å². The van der Waals surface area contributed by atoms with Crippen LogP contribution in [0.4, 0.5) is 0 Å². The number of hydrogen-bond acceptors (Lipinski definition) is 3. The molecule has 0 amide bonds. The Kier molecular flexibility index (Phi) is 4.51. The fourth-order valence-corrected chi connectivity index (χ4v) is 3.97. The lowest BCUT2D eigenvalue weighted by Crippen LogP contribution is -2.33. The minimum atomic E-state index is -3.15. The maximum absolute atomic E-state index is 12.0. The molecule has 0 saturated heterocycles. The molecular weight excluding hydrogens is 248 g/mol. The molecule has 5 heteroatoms. The molecule has 1 aliphatic carbocycles. The SMILES string of the molecule is CC(C)NCCCS(=O)(=O)NC1C(C)(C)C1(C)C. The van der Waals surface area contributed by atoms with Gasteiger partial charge in [0.1, 0.15) is 0 Å². The van der Waals surface area contributed by atoms with E-state index >= 15 is 0 Å². The van der Waals surface area contributed by atoms with Crippen LogP contribution in [0.15, 0.2) is 0 Å². The topological polar surface area (TPSA) is 58.2 Å². The number of nitrogens with one attached hydrogen (secondary N) is 2. The van der Waals surface area contributed by atoms with Gasteiger partial charge in [0.15, 0.2) is 0 Å². The minimum absolute atomic E-state index is 0.0518. The molecule has 18 heavy (non-hydrogen) atoms. The Morgan fingerprint density at radius 3 is 2.00 bits per heavy atom. The summed E-state index contributed by atoms with van der Waals surface area (Å²) in [5, 5.41) is 3.23. The van der Waals surface area contributed by atoms with Gasteiger partial charge in [-0.25, -0.2) is 13.1 Å². The highest BCUT2D eigenvalue weighted by molar-refractivity contribution is 7.89.